The van der Waals surface area contributed by atoms with Crippen LogP contribution in [0.15, 0.2) is 0 Å². The van der Waals surface area contributed by atoms with Crippen LogP contribution in [0.25, 0.3) is 0 Å². The maximum Gasteiger partial charge on any atom is 0.222 e. The highest BCUT2D eigenvalue weighted by Gasteiger charge is 2.01. The van der Waals surface area contributed by atoms with Gasteiger partial charge in [0.1, 0.15) is 0 Å². The van der Waals surface area contributed by atoms with Crippen molar-refractivity contribution in [1.29, 1.82) is 0 Å². The molecule has 168 valence electrons. The highest BCUT2D eigenvalue weighted by Crippen LogP contribution is 1.99. The summed E-state index contributed by atoms with van der Waals surface area (Å²) in [6, 6.07) is 0. The minimum atomic E-state index is -0.0286. The molecule has 0 aliphatic rings. The minimum absolute atomic E-state index is 0.0286. The van der Waals surface area contributed by atoms with Crippen LogP contribution in [0.2, 0.25) is 0 Å². The summed E-state index contributed by atoms with van der Waals surface area (Å²) < 4.78 is 27.1. The molecule has 7 nitrogen and oxygen atoms in total. The van der Waals surface area contributed by atoms with Gasteiger partial charge < -0.3 is 29.0 Å². The molecule has 0 radical (unpaired) electrons. The van der Waals surface area contributed by atoms with Crippen LogP contribution in [-0.4, -0.2) is 78.5 Å². The third kappa shape index (κ3) is 23.3. The van der Waals surface area contributed by atoms with Crippen molar-refractivity contribution in [2.24, 2.45) is 11.8 Å². The Balaban J connectivity index is 3.17. The van der Waals surface area contributed by atoms with Crippen molar-refractivity contribution in [3.63, 3.8) is 0 Å². The average molecular weight is 406 g/mol. The number of hydrogen-bond acceptors (Lipinski definition) is 6. The topological polar surface area (TPSA) is 75.2 Å². The molecule has 0 aliphatic heterocycles. The first-order chi connectivity index (χ1) is 13.5. The van der Waals surface area contributed by atoms with Gasteiger partial charge in [-0.1, -0.05) is 27.7 Å². The number of carbonyl (C=O) groups is 1. The van der Waals surface area contributed by atoms with Gasteiger partial charge in [-0.05, 0) is 24.7 Å². The molecule has 0 fully saturated rings. The Bertz CT molecular complexity index is 339. The molecule has 0 unspecified atom stereocenters. The van der Waals surface area contributed by atoms with E-state index in [0.717, 1.165) is 26.1 Å². The van der Waals surface area contributed by atoms with Gasteiger partial charge >= 0.3 is 0 Å². The van der Waals surface area contributed by atoms with Crippen LogP contribution in [0.5, 0.6) is 0 Å². The summed E-state index contributed by atoms with van der Waals surface area (Å²) in [6.07, 6.45) is 2.49. The molecule has 0 saturated heterocycles. The molecule has 0 saturated carbocycles. The summed E-state index contributed by atoms with van der Waals surface area (Å²) in [5, 5.41) is 2.80. The van der Waals surface area contributed by atoms with Crippen molar-refractivity contribution >= 4 is 5.91 Å². The number of nitrogens with one attached hydrogen (secondary N) is 1. The second-order valence-corrected chi connectivity index (χ2v) is 7.53. The number of hydrogen-bond donors (Lipinski definition) is 1. The zero-order valence-corrected chi connectivity index (χ0v) is 18.5. The maximum atomic E-state index is 11.6. The van der Waals surface area contributed by atoms with Crippen molar-refractivity contribution in [1.82, 2.24) is 5.32 Å². The van der Waals surface area contributed by atoms with Gasteiger partial charge in [0.05, 0.1) is 52.9 Å². The number of amides is 1. The van der Waals surface area contributed by atoms with Gasteiger partial charge in [0.25, 0.3) is 0 Å². The van der Waals surface area contributed by atoms with Gasteiger partial charge in [0.15, 0.2) is 0 Å². The summed E-state index contributed by atoms with van der Waals surface area (Å²) in [7, 11) is 0. The Labute approximate surface area is 171 Å². The van der Waals surface area contributed by atoms with E-state index in [-0.39, 0.29) is 5.91 Å². The van der Waals surface area contributed by atoms with Crippen LogP contribution in [0.4, 0.5) is 0 Å². The lowest BCUT2D eigenvalue weighted by molar-refractivity contribution is -0.122. The summed E-state index contributed by atoms with van der Waals surface area (Å²) in [4.78, 5) is 11.6. The Morgan fingerprint density at radius 1 is 0.607 bits per heavy atom. The fraction of sp³-hybridized carbons (Fsp3) is 0.952. The molecule has 1 amide bonds. The van der Waals surface area contributed by atoms with E-state index >= 15 is 0 Å². The van der Waals surface area contributed by atoms with Gasteiger partial charge in [-0.15, -0.1) is 0 Å². The minimum Gasteiger partial charge on any atom is -0.379 e. The zero-order chi connectivity index (χ0) is 20.9. The molecule has 0 spiro atoms. The Hall–Kier alpha value is -0.730. The molecule has 0 aromatic carbocycles. The molecule has 0 rings (SSSR count). The van der Waals surface area contributed by atoms with Gasteiger partial charge in [-0.2, -0.15) is 0 Å². The van der Waals surface area contributed by atoms with Gasteiger partial charge in [-0.25, -0.2) is 0 Å². The van der Waals surface area contributed by atoms with Crippen LogP contribution in [0.3, 0.4) is 0 Å². The second-order valence-electron chi connectivity index (χ2n) is 7.53. The summed E-state index contributed by atoms with van der Waals surface area (Å²) in [5.74, 6) is 1.29. The SMILES string of the molecule is CC(C)CCOCCOCCOCCNC(=O)CCOCCOCCC(C)C. The van der Waals surface area contributed by atoms with Crippen LogP contribution in [0.1, 0.15) is 47.0 Å². The largest absolute Gasteiger partial charge is 0.379 e. The van der Waals surface area contributed by atoms with E-state index in [1.165, 1.54) is 0 Å². The molecule has 0 atom stereocenters. The highest BCUT2D eigenvalue weighted by atomic mass is 16.5. The van der Waals surface area contributed by atoms with Crippen LogP contribution >= 0.6 is 0 Å². The van der Waals surface area contributed by atoms with Crippen molar-refractivity contribution in [2.75, 3.05) is 72.6 Å². The first-order valence-corrected chi connectivity index (χ1v) is 10.7. The van der Waals surface area contributed by atoms with Gasteiger partial charge in [0, 0.05) is 26.2 Å². The van der Waals surface area contributed by atoms with Gasteiger partial charge in [0.2, 0.25) is 5.91 Å². The molecule has 0 aromatic rings. The first kappa shape index (κ1) is 27.3. The van der Waals surface area contributed by atoms with Crippen LogP contribution < -0.4 is 5.32 Å². The van der Waals surface area contributed by atoms with E-state index in [9.17, 15) is 4.79 Å². The number of ether oxygens (including phenoxy) is 5. The Kier molecular flexibility index (Phi) is 20.4. The molecule has 0 aromatic heterocycles. The predicted octanol–water partition coefficient (Wildman–Crippen LogP) is 2.67. The lowest BCUT2D eigenvalue weighted by Gasteiger charge is -2.09. The zero-order valence-electron chi connectivity index (χ0n) is 18.5. The molecule has 0 bridgehead atoms. The predicted molar refractivity (Wildman–Crippen MR) is 111 cm³/mol. The van der Waals surface area contributed by atoms with Crippen molar-refractivity contribution in [2.45, 2.75) is 47.0 Å². The van der Waals surface area contributed by atoms with E-state index in [4.69, 9.17) is 23.7 Å². The van der Waals surface area contributed by atoms with Crippen molar-refractivity contribution < 1.29 is 28.5 Å². The fourth-order valence-electron chi connectivity index (χ4n) is 2.02. The van der Waals surface area contributed by atoms with Crippen LogP contribution in [-0.2, 0) is 28.5 Å². The fourth-order valence-corrected chi connectivity index (χ4v) is 2.02. The number of rotatable bonds is 21. The maximum absolute atomic E-state index is 11.6. The normalized spacial score (nSPS) is 11.5. The highest BCUT2D eigenvalue weighted by molar-refractivity contribution is 5.75. The second kappa shape index (κ2) is 21.0. The average Bonchev–Trinajstić information content (AvgIpc) is 2.64. The molecule has 0 aliphatic carbocycles. The standard InChI is InChI=1S/C21H43NO6/c1-19(2)5-9-24-13-14-26-11-7-21(23)22-8-12-27-16-18-28-17-15-25-10-6-20(3)4/h19-20H,5-18H2,1-4H3,(H,22,23). The lowest BCUT2D eigenvalue weighted by atomic mass is 10.1. The van der Waals surface area contributed by atoms with E-state index in [0.29, 0.717) is 77.7 Å². The molecule has 28 heavy (non-hydrogen) atoms. The summed E-state index contributed by atoms with van der Waals surface area (Å²) >= 11 is 0. The monoisotopic (exact) mass is 405 g/mol. The van der Waals surface area contributed by atoms with Gasteiger partial charge in [-0.3, -0.25) is 4.79 Å². The third-order valence-electron chi connectivity index (χ3n) is 3.84. The van der Waals surface area contributed by atoms with E-state index in [2.05, 4.69) is 33.0 Å². The molecule has 0 heterocycles. The van der Waals surface area contributed by atoms with Crippen molar-refractivity contribution in [3.8, 4) is 0 Å². The van der Waals surface area contributed by atoms with E-state index in [1.54, 1.807) is 0 Å². The van der Waals surface area contributed by atoms with E-state index < -0.39 is 0 Å². The Morgan fingerprint density at radius 3 is 1.46 bits per heavy atom. The Morgan fingerprint density at radius 2 is 1.00 bits per heavy atom. The van der Waals surface area contributed by atoms with E-state index in [1.807, 2.05) is 0 Å². The van der Waals surface area contributed by atoms with Crippen LogP contribution in [0, 0.1) is 11.8 Å². The molecule has 1 N–H and O–H groups in total. The smallest absolute Gasteiger partial charge is 0.222 e. The third-order valence-corrected chi connectivity index (χ3v) is 3.84. The lowest BCUT2D eigenvalue weighted by Crippen LogP contribution is -2.28. The molecule has 7 heteroatoms. The summed E-state index contributed by atoms with van der Waals surface area (Å²) in [5.41, 5.74) is 0. The van der Waals surface area contributed by atoms with Crippen molar-refractivity contribution in [3.05, 3.63) is 0 Å². The summed E-state index contributed by atoms with van der Waals surface area (Å²) in [6.45, 7) is 15.0. The molecular weight excluding hydrogens is 362 g/mol. The first-order valence-electron chi connectivity index (χ1n) is 10.7. The number of carbonyl (C=O) groups excluding carboxylic acids is 1. The molecular formula is C21H43NO6. The quantitative estimate of drug-likeness (QED) is 0.296.